The predicted octanol–water partition coefficient (Wildman–Crippen LogP) is 2.39. The second kappa shape index (κ2) is 4.43. The van der Waals surface area contributed by atoms with Crippen LogP contribution in [-0.4, -0.2) is 12.7 Å². The van der Waals surface area contributed by atoms with Crippen molar-refractivity contribution in [1.82, 2.24) is 0 Å². The minimum Gasteiger partial charge on any atom is -0.432 e. The second-order valence-corrected chi connectivity index (χ2v) is 2.20. The fraction of sp³-hybridized carbons (Fsp3) is 0.125. The summed E-state index contributed by atoms with van der Waals surface area (Å²) in [6.07, 6.45) is 1.19. The van der Waals surface area contributed by atoms with Crippen molar-refractivity contribution in [2.75, 3.05) is 0 Å². The molecular formula is C8H4F3NO2. The third kappa shape index (κ3) is 2.60. The third-order valence-electron chi connectivity index (χ3n) is 1.31. The number of halogens is 3. The maximum Gasteiger partial charge on any atom is 0.387 e. The molecule has 0 saturated carbocycles. The zero-order valence-corrected chi connectivity index (χ0v) is 6.71. The maximum absolute atomic E-state index is 12.8. The quantitative estimate of drug-likeness (QED) is 0.558. The highest BCUT2D eigenvalue weighted by Gasteiger charge is 2.10. The zero-order chi connectivity index (χ0) is 10.6. The van der Waals surface area contributed by atoms with Gasteiger partial charge in [-0.25, -0.2) is 9.18 Å². The Balaban J connectivity index is 3.01. The van der Waals surface area contributed by atoms with Crippen LogP contribution in [-0.2, 0) is 4.79 Å². The highest BCUT2D eigenvalue weighted by Crippen LogP contribution is 2.24. The Morgan fingerprint density at radius 1 is 1.43 bits per heavy atom. The van der Waals surface area contributed by atoms with Crippen molar-refractivity contribution in [3.63, 3.8) is 0 Å². The van der Waals surface area contributed by atoms with Gasteiger partial charge in [-0.05, 0) is 12.1 Å². The van der Waals surface area contributed by atoms with Gasteiger partial charge in [0.25, 0.3) is 0 Å². The van der Waals surface area contributed by atoms with Crippen LogP contribution in [0.1, 0.15) is 0 Å². The minimum atomic E-state index is -3.13. The second-order valence-electron chi connectivity index (χ2n) is 2.20. The molecule has 0 aromatic heterocycles. The van der Waals surface area contributed by atoms with E-state index in [0.717, 1.165) is 18.2 Å². The monoisotopic (exact) mass is 203 g/mol. The molecule has 1 aromatic carbocycles. The Labute approximate surface area is 76.8 Å². The molecule has 0 saturated heterocycles. The number of nitrogens with zero attached hydrogens (tertiary/aromatic N) is 1. The first-order valence-electron chi connectivity index (χ1n) is 3.45. The lowest BCUT2D eigenvalue weighted by Crippen LogP contribution is -2.03. The lowest BCUT2D eigenvalue weighted by Gasteiger charge is -2.05. The molecule has 0 N–H and O–H groups in total. The lowest BCUT2D eigenvalue weighted by molar-refractivity contribution is -0.0521. The standard InChI is InChI=1S/C8H4F3NO2/c9-6-2-1-5(12-4-13)3-7(6)14-8(10)11/h1-3,8H. The summed E-state index contributed by atoms with van der Waals surface area (Å²) >= 11 is 0. The topological polar surface area (TPSA) is 38.7 Å². The largest absolute Gasteiger partial charge is 0.432 e. The van der Waals surface area contributed by atoms with Gasteiger partial charge in [-0.3, -0.25) is 0 Å². The molecule has 0 bridgehead atoms. The van der Waals surface area contributed by atoms with E-state index in [1.165, 1.54) is 6.08 Å². The average molecular weight is 203 g/mol. The van der Waals surface area contributed by atoms with Crippen molar-refractivity contribution in [2.45, 2.75) is 6.61 Å². The molecule has 0 unspecified atom stereocenters. The van der Waals surface area contributed by atoms with Crippen LogP contribution in [0.15, 0.2) is 23.2 Å². The number of hydrogen-bond acceptors (Lipinski definition) is 3. The molecule has 0 atom stereocenters. The Bertz CT molecular complexity index is 375. The summed E-state index contributed by atoms with van der Waals surface area (Å²) in [6, 6.07) is 2.89. The Kier molecular flexibility index (Phi) is 3.25. The molecule has 0 fully saturated rings. The molecule has 0 spiro atoms. The summed E-state index contributed by atoms with van der Waals surface area (Å²) in [5, 5.41) is 0. The van der Waals surface area contributed by atoms with E-state index < -0.39 is 18.2 Å². The highest BCUT2D eigenvalue weighted by molar-refractivity contribution is 5.51. The van der Waals surface area contributed by atoms with Crippen LogP contribution in [0.3, 0.4) is 0 Å². The van der Waals surface area contributed by atoms with Crippen molar-refractivity contribution in [3.8, 4) is 5.75 Å². The summed E-state index contributed by atoms with van der Waals surface area (Å²) < 4.78 is 40.0. The number of alkyl halides is 2. The normalized spacial score (nSPS) is 9.71. The van der Waals surface area contributed by atoms with Crippen molar-refractivity contribution in [1.29, 1.82) is 0 Å². The molecule has 0 aliphatic carbocycles. The molecule has 3 nitrogen and oxygen atoms in total. The van der Waals surface area contributed by atoms with Gasteiger partial charge in [-0.1, -0.05) is 0 Å². The zero-order valence-electron chi connectivity index (χ0n) is 6.71. The first kappa shape index (κ1) is 10.3. The number of aliphatic imine (C=N–C) groups is 1. The Morgan fingerprint density at radius 3 is 2.71 bits per heavy atom. The van der Waals surface area contributed by atoms with E-state index in [2.05, 4.69) is 9.73 Å². The lowest BCUT2D eigenvalue weighted by atomic mass is 10.3. The van der Waals surface area contributed by atoms with E-state index in [0.29, 0.717) is 0 Å². The van der Waals surface area contributed by atoms with Crippen LogP contribution in [0.2, 0.25) is 0 Å². The molecule has 6 heteroatoms. The van der Waals surface area contributed by atoms with Gasteiger partial charge in [-0.15, -0.1) is 0 Å². The van der Waals surface area contributed by atoms with Crippen LogP contribution >= 0.6 is 0 Å². The number of carbonyl (C=O) groups excluding carboxylic acids is 1. The van der Waals surface area contributed by atoms with E-state index >= 15 is 0 Å². The van der Waals surface area contributed by atoms with Gasteiger partial charge in [-0.2, -0.15) is 13.8 Å². The van der Waals surface area contributed by atoms with Gasteiger partial charge < -0.3 is 4.74 Å². The molecule has 14 heavy (non-hydrogen) atoms. The number of rotatable bonds is 3. The van der Waals surface area contributed by atoms with Gasteiger partial charge >= 0.3 is 6.61 Å². The summed E-state index contributed by atoms with van der Waals surface area (Å²) in [5.74, 6) is -1.60. The van der Waals surface area contributed by atoms with E-state index in [9.17, 15) is 18.0 Å². The van der Waals surface area contributed by atoms with E-state index in [4.69, 9.17) is 0 Å². The van der Waals surface area contributed by atoms with Gasteiger partial charge in [0.05, 0.1) is 5.69 Å². The van der Waals surface area contributed by atoms with Crippen LogP contribution < -0.4 is 4.74 Å². The van der Waals surface area contributed by atoms with E-state index in [-0.39, 0.29) is 5.69 Å². The number of ether oxygens (including phenoxy) is 1. The molecule has 0 aliphatic heterocycles. The number of benzene rings is 1. The van der Waals surface area contributed by atoms with Gasteiger partial charge in [0.1, 0.15) is 0 Å². The molecular weight excluding hydrogens is 199 g/mol. The summed E-state index contributed by atoms with van der Waals surface area (Å²) in [4.78, 5) is 12.9. The molecule has 0 radical (unpaired) electrons. The fourth-order valence-electron chi connectivity index (χ4n) is 0.801. The predicted molar refractivity (Wildman–Crippen MR) is 40.8 cm³/mol. The van der Waals surface area contributed by atoms with Gasteiger partial charge in [0.15, 0.2) is 11.6 Å². The molecule has 1 aromatic rings. The average Bonchev–Trinajstić information content (AvgIpc) is 2.10. The van der Waals surface area contributed by atoms with Crippen LogP contribution in [0.25, 0.3) is 0 Å². The fourth-order valence-corrected chi connectivity index (χ4v) is 0.801. The van der Waals surface area contributed by atoms with E-state index in [1.807, 2.05) is 0 Å². The first-order chi connectivity index (χ1) is 6.63. The van der Waals surface area contributed by atoms with Crippen molar-refractivity contribution in [3.05, 3.63) is 24.0 Å². The van der Waals surface area contributed by atoms with Crippen LogP contribution in [0.5, 0.6) is 5.75 Å². The smallest absolute Gasteiger partial charge is 0.387 e. The number of isocyanates is 1. The maximum atomic E-state index is 12.8. The summed E-state index contributed by atoms with van der Waals surface area (Å²) in [6.45, 7) is -3.13. The summed E-state index contributed by atoms with van der Waals surface area (Å²) in [5.41, 5.74) is -0.00273. The summed E-state index contributed by atoms with van der Waals surface area (Å²) in [7, 11) is 0. The van der Waals surface area contributed by atoms with Gasteiger partial charge in [0.2, 0.25) is 6.08 Å². The molecule has 0 amide bonds. The Morgan fingerprint density at radius 2 is 2.14 bits per heavy atom. The third-order valence-corrected chi connectivity index (χ3v) is 1.31. The van der Waals surface area contributed by atoms with Crippen LogP contribution in [0, 0.1) is 5.82 Å². The Hall–Kier alpha value is -1.81. The van der Waals surface area contributed by atoms with Crippen molar-refractivity contribution in [2.24, 2.45) is 4.99 Å². The van der Waals surface area contributed by atoms with Crippen molar-refractivity contribution >= 4 is 11.8 Å². The minimum absolute atomic E-state index is 0.00273. The van der Waals surface area contributed by atoms with Crippen LogP contribution in [0.4, 0.5) is 18.9 Å². The SMILES string of the molecule is O=C=Nc1ccc(F)c(OC(F)F)c1. The molecule has 1 rings (SSSR count). The van der Waals surface area contributed by atoms with Gasteiger partial charge in [0, 0.05) is 6.07 Å². The number of hydrogen-bond donors (Lipinski definition) is 0. The highest BCUT2D eigenvalue weighted by atomic mass is 19.3. The molecule has 74 valence electrons. The van der Waals surface area contributed by atoms with Crippen molar-refractivity contribution < 1.29 is 22.7 Å². The molecule has 0 heterocycles. The first-order valence-corrected chi connectivity index (χ1v) is 3.45. The molecule has 0 aliphatic rings. The van der Waals surface area contributed by atoms with E-state index in [1.54, 1.807) is 0 Å².